The van der Waals surface area contributed by atoms with Crippen LogP contribution in [0, 0.1) is 11.3 Å². The molecule has 1 N–H and O–H groups in total. The van der Waals surface area contributed by atoms with E-state index in [0.717, 1.165) is 0 Å². The molecule has 0 aliphatic heterocycles. The van der Waals surface area contributed by atoms with Crippen molar-refractivity contribution < 1.29 is 18.7 Å². The summed E-state index contributed by atoms with van der Waals surface area (Å²) < 4.78 is 10.1. The van der Waals surface area contributed by atoms with E-state index in [1.165, 1.54) is 18.4 Å². The van der Waals surface area contributed by atoms with Crippen LogP contribution in [0.4, 0.5) is 0 Å². The molecule has 0 saturated carbocycles. The maximum atomic E-state index is 11.8. The second-order valence-electron chi connectivity index (χ2n) is 4.57. The summed E-state index contributed by atoms with van der Waals surface area (Å²) in [6.45, 7) is 1.36. The number of carbonyl (C=O) groups excluding carboxylic acids is 2. The largest absolute Gasteiger partial charge is 0.467 e. The van der Waals surface area contributed by atoms with Gasteiger partial charge in [0.25, 0.3) is 5.91 Å². The molecule has 1 unspecified atom stereocenters. The molecule has 2 rings (SSSR count). The summed E-state index contributed by atoms with van der Waals surface area (Å²) in [4.78, 5) is 23.5. The fourth-order valence-electron chi connectivity index (χ4n) is 1.82. The zero-order valence-corrected chi connectivity index (χ0v) is 11.9. The molecule has 6 heteroatoms. The molecule has 0 fully saturated rings. The minimum absolute atomic E-state index is 0.228. The first-order valence-corrected chi connectivity index (χ1v) is 6.60. The number of hydrogen-bond acceptors (Lipinski definition) is 5. The zero-order chi connectivity index (χ0) is 15.9. The highest BCUT2D eigenvalue weighted by Gasteiger charge is 2.14. The van der Waals surface area contributed by atoms with Gasteiger partial charge in [-0.3, -0.25) is 4.79 Å². The molecule has 1 heterocycles. The van der Waals surface area contributed by atoms with Gasteiger partial charge in [-0.2, -0.15) is 5.26 Å². The summed E-state index contributed by atoms with van der Waals surface area (Å²) >= 11 is 0. The van der Waals surface area contributed by atoms with Gasteiger partial charge in [-0.05, 0) is 37.3 Å². The first-order chi connectivity index (χ1) is 10.6. The molecule has 2 aromatic rings. The van der Waals surface area contributed by atoms with Gasteiger partial charge < -0.3 is 14.5 Å². The molecule has 0 spiro atoms. The fraction of sp³-hybridized carbons (Fsp3) is 0.188. The van der Waals surface area contributed by atoms with Crippen LogP contribution in [0.25, 0.3) is 0 Å². The third-order valence-corrected chi connectivity index (χ3v) is 2.91. The predicted molar refractivity (Wildman–Crippen MR) is 76.7 cm³/mol. The molecule has 112 valence electrons. The van der Waals surface area contributed by atoms with E-state index in [-0.39, 0.29) is 11.6 Å². The number of nitriles is 1. The average Bonchev–Trinajstić information content (AvgIpc) is 3.07. The third-order valence-electron chi connectivity index (χ3n) is 2.91. The van der Waals surface area contributed by atoms with Gasteiger partial charge in [0.05, 0.1) is 29.5 Å². The third kappa shape index (κ3) is 3.96. The number of amides is 1. The van der Waals surface area contributed by atoms with Gasteiger partial charge >= 0.3 is 5.97 Å². The number of ether oxygens (including phenoxy) is 1. The Balaban J connectivity index is 1.85. The van der Waals surface area contributed by atoms with Crippen LogP contribution in [0.15, 0.2) is 47.1 Å². The summed E-state index contributed by atoms with van der Waals surface area (Å²) in [6.07, 6.45) is 1.51. The van der Waals surface area contributed by atoms with E-state index in [9.17, 15) is 9.59 Å². The summed E-state index contributed by atoms with van der Waals surface area (Å²) in [7, 11) is 0. The molecule has 1 aromatic carbocycles. The van der Waals surface area contributed by atoms with Gasteiger partial charge in [0.15, 0.2) is 6.61 Å². The maximum absolute atomic E-state index is 11.8. The Labute approximate surface area is 127 Å². The van der Waals surface area contributed by atoms with Gasteiger partial charge in [-0.15, -0.1) is 0 Å². The summed E-state index contributed by atoms with van der Waals surface area (Å²) in [5.74, 6) is -0.479. The van der Waals surface area contributed by atoms with Crippen molar-refractivity contribution in [1.82, 2.24) is 5.32 Å². The van der Waals surface area contributed by atoms with E-state index >= 15 is 0 Å². The van der Waals surface area contributed by atoms with Crippen molar-refractivity contribution in [2.45, 2.75) is 13.0 Å². The molecule has 1 amide bonds. The van der Waals surface area contributed by atoms with Crippen molar-refractivity contribution in [3.8, 4) is 6.07 Å². The van der Waals surface area contributed by atoms with Crippen LogP contribution >= 0.6 is 0 Å². The van der Waals surface area contributed by atoms with Crippen molar-refractivity contribution in [3.05, 3.63) is 59.5 Å². The number of furan rings is 1. The topological polar surface area (TPSA) is 92.3 Å². The quantitative estimate of drug-likeness (QED) is 0.854. The highest BCUT2D eigenvalue weighted by Crippen LogP contribution is 2.12. The smallest absolute Gasteiger partial charge is 0.338 e. The maximum Gasteiger partial charge on any atom is 0.338 e. The summed E-state index contributed by atoms with van der Waals surface area (Å²) in [6, 6.07) is 11.2. The number of carbonyl (C=O) groups is 2. The molecular weight excluding hydrogens is 284 g/mol. The fourth-order valence-corrected chi connectivity index (χ4v) is 1.82. The van der Waals surface area contributed by atoms with Crippen molar-refractivity contribution in [2.75, 3.05) is 6.61 Å². The molecule has 0 aliphatic carbocycles. The molecule has 1 aromatic heterocycles. The number of nitrogens with zero attached hydrogens (tertiary/aromatic N) is 1. The van der Waals surface area contributed by atoms with Crippen LogP contribution < -0.4 is 5.32 Å². The average molecular weight is 298 g/mol. The zero-order valence-electron chi connectivity index (χ0n) is 11.9. The lowest BCUT2D eigenvalue weighted by Gasteiger charge is -2.11. The Morgan fingerprint density at radius 1 is 1.36 bits per heavy atom. The number of nitrogens with one attached hydrogen (secondary N) is 1. The molecule has 0 aliphatic rings. The van der Waals surface area contributed by atoms with E-state index in [2.05, 4.69) is 5.32 Å². The lowest BCUT2D eigenvalue weighted by Crippen LogP contribution is -2.31. The normalized spacial score (nSPS) is 11.3. The monoisotopic (exact) mass is 298 g/mol. The number of benzene rings is 1. The lowest BCUT2D eigenvalue weighted by molar-refractivity contribution is -0.125. The van der Waals surface area contributed by atoms with Crippen molar-refractivity contribution in [2.24, 2.45) is 0 Å². The van der Waals surface area contributed by atoms with E-state index in [1.54, 1.807) is 31.2 Å². The van der Waals surface area contributed by atoms with Crippen molar-refractivity contribution >= 4 is 11.9 Å². The molecule has 0 radical (unpaired) electrons. The van der Waals surface area contributed by atoms with Crippen molar-refractivity contribution in [3.63, 3.8) is 0 Å². The summed E-state index contributed by atoms with van der Waals surface area (Å²) in [5.41, 5.74) is 0.580. The number of hydrogen-bond donors (Lipinski definition) is 1. The van der Waals surface area contributed by atoms with Crippen molar-refractivity contribution in [1.29, 1.82) is 5.26 Å². The molecule has 1 atom stereocenters. The van der Waals surface area contributed by atoms with Gasteiger partial charge in [-0.25, -0.2) is 4.79 Å². The predicted octanol–water partition coefficient (Wildman–Crippen LogP) is 2.19. The molecule has 0 bridgehead atoms. The molecule has 22 heavy (non-hydrogen) atoms. The molecular formula is C16H14N2O4. The SMILES string of the molecule is CC(NC(=O)COC(=O)c1cccc(C#N)c1)c1ccco1. The molecule has 0 saturated heterocycles. The number of rotatable bonds is 5. The first kappa shape index (κ1) is 15.3. The second-order valence-corrected chi connectivity index (χ2v) is 4.57. The first-order valence-electron chi connectivity index (χ1n) is 6.60. The number of esters is 1. The minimum Gasteiger partial charge on any atom is -0.467 e. The van der Waals surface area contributed by atoms with Crippen LogP contribution in [0.2, 0.25) is 0 Å². The Kier molecular flexibility index (Phi) is 4.94. The molecule has 6 nitrogen and oxygen atoms in total. The Bertz CT molecular complexity index is 701. The van der Waals surface area contributed by atoms with Crippen LogP contribution in [0.1, 0.15) is 34.6 Å². The van der Waals surface area contributed by atoms with Gasteiger partial charge in [0, 0.05) is 0 Å². The van der Waals surface area contributed by atoms with E-state index in [0.29, 0.717) is 11.3 Å². The van der Waals surface area contributed by atoms with Gasteiger partial charge in [0.1, 0.15) is 5.76 Å². The highest BCUT2D eigenvalue weighted by atomic mass is 16.5. The standard InChI is InChI=1S/C16H14N2O4/c1-11(14-6-3-7-21-14)18-15(19)10-22-16(20)13-5-2-4-12(8-13)9-17/h2-8,11H,10H2,1H3,(H,18,19). The summed E-state index contributed by atoms with van der Waals surface area (Å²) in [5, 5.41) is 11.4. The Hall–Kier alpha value is -3.07. The van der Waals surface area contributed by atoms with Crippen LogP contribution in [-0.4, -0.2) is 18.5 Å². The van der Waals surface area contributed by atoms with E-state index in [4.69, 9.17) is 14.4 Å². The van der Waals surface area contributed by atoms with Crippen LogP contribution in [0.3, 0.4) is 0 Å². The van der Waals surface area contributed by atoms with E-state index < -0.39 is 18.5 Å². The van der Waals surface area contributed by atoms with Crippen LogP contribution in [0.5, 0.6) is 0 Å². The van der Waals surface area contributed by atoms with Gasteiger partial charge in [-0.1, -0.05) is 6.07 Å². The van der Waals surface area contributed by atoms with Crippen LogP contribution in [-0.2, 0) is 9.53 Å². The van der Waals surface area contributed by atoms with Gasteiger partial charge in [0.2, 0.25) is 0 Å². The Morgan fingerprint density at radius 3 is 2.86 bits per heavy atom. The highest BCUT2D eigenvalue weighted by molar-refractivity contribution is 5.91. The lowest BCUT2D eigenvalue weighted by atomic mass is 10.1. The minimum atomic E-state index is -0.655. The Morgan fingerprint density at radius 2 is 2.18 bits per heavy atom. The van der Waals surface area contributed by atoms with E-state index in [1.807, 2.05) is 6.07 Å². The second kappa shape index (κ2) is 7.09.